The van der Waals surface area contributed by atoms with E-state index in [0.717, 1.165) is 5.56 Å². The summed E-state index contributed by atoms with van der Waals surface area (Å²) in [7, 11) is 1.65. The Kier molecular flexibility index (Phi) is 4.90. The highest BCUT2D eigenvalue weighted by Crippen LogP contribution is 2.11. The van der Waals surface area contributed by atoms with Gasteiger partial charge >= 0.3 is 0 Å². The van der Waals surface area contributed by atoms with Crippen LogP contribution in [0.25, 0.3) is 6.08 Å². The Labute approximate surface area is 127 Å². The van der Waals surface area contributed by atoms with Gasteiger partial charge in [0.15, 0.2) is 5.78 Å². The van der Waals surface area contributed by atoms with Gasteiger partial charge in [0.2, 0.25) is 5.43 Å². The molecule has 0 saturated carbocycles. The Morgan fingerprint density at radius 3 is 2.43 bits per heavy atom. The Balaban J connectivity index is 2.31. The van der Waals surface area contributed by atoms with Crippen molar-refractivity contribution in [1.82, 2.24) is 0 Å². The van der Waals surface area contributed by atoms with E-state index in [4.69, 9.17) is 11.6 Å². The number of carbonyl (C=O) groups excluding carboxylic acids is 1. The molecule has 0 aliphatic heterocycles. The fourth-order valence-electron chi connectivity index (χ4n) is 1.83. The Morgan fingerprint density at radius 2 is 1.76 bits per heavy atom. The number of hydrogen-bond donors (Lipinski definition) is 1. The van der Waals surface area contributed by atoms with Gasteiger partial charge in [-0.2, -0.15) is 0 Å². The maximum Gasteiger partial charge on any atom is 0.212 e. The van der Waals surface area contributed by atoms with E-state index in [2.05, 4.69) is 5.32 Å². The summed E-state index contributed by atoms with van der Waals surface area (Å²) in [5, 5.41) is 3.42. The lowest BCUT2D eigenvalue weighted by molar-refractivity contribution is 0.104. The number of anilines is 1. The average Bonchev–Trinajstić information content (AvgIpc) is 2.68. The van der Waals surface area contributed by atoms with E-state index in [1.54, 1.807) is 55.6 Å². The smallest absolute Gasteiger partial charge is 0.212 e. The third kappa shape index (κ3) is 3.80. The van der Waals surface area contributed by atoms with E-state index in [1.807, 2.05) is 0 Å². The molecule has 0 atom stereocenters. The van der Waals surface area contributed by atoms with Gasteiger partial charge in [-0.05, 0) is 35.9 Å². The number of benzene rings is 1. The first kappa shape index (κ1) is 15.0. The van der Waals surface area contributed by atoms with Crippen LogP contribution in [0.15, 0.2) is 59.4 Å². The number of allylic oxidation sites excluding steroid dienone is 1. The molecular weight excluding hydrogens is 286 g/mol. The van der Waals surface area contributed by atoms with Crippen molar-refractivity contribution >= 4 is 29.1 Å². The molecule has 106 valence electrons. The molecular formula is C17H14ClNO2. The second-order valence-electron chi connectivity index (χ2n) is 4.37. The zero-order valence-corrected chi connectivity index (χ0v) is 12.2. The van der Waals surface area contributed by atoms with Crippen LogP contribution in [0, 0.1) is 0 Å². The summed E-state index contributed by atoms with van der Waals surface area (Å²) in [4.78, 5) is 24.3. The second-order valence-corrected chi connectivity index (χ2v) is 4.81. The molecule has 2 rings (SSSR count). The standard InChI is InChI=1S/C17H14ClNO2/c1-19-15-5-3-2-4-14(17(15)21)16(20)11-8-12-6-9-13(18)10-7-12/h2-11H,1H3,(H,19,21)/b11-8+. The summed E-state index contributed by atoms with van der Waals surface area (Å²) < 4.78 is 0. The summed E-state index contributed by atoms with van der Waals surface area (Å²) >= 11 is 5.80. The molecule has 0 aliphatic carbocycles. The molecule has 2 aromatic rings. The number of hydrogen-bond acceptors (Lipinski definition) is 3. The summed E-state index contributed by atoms with van der Waals surface area (Å²) in [6.07, 6.45) is 3.05. The highest BCUT2D eigenvalue weighted by molar-refractivity contribution is 6.30. The van der Waals surface area contributed by atoms with Gasteiger partial charge < -0.3 is 5.32 Å². The predicted molar refractivity (Wildman–Crippen MR) is 87.1 cm³/mol. The lowest BCUT2D eigenvalue weighted by Crippen LogP contribution is -2.14. The van der Waals surface area contributed by atoms with Crippen LogP contribution in [0.3, 0.4) is 0 Å². The Hall–Kier alpha value is -2.39. The Morgan fingerprint density at radius 1 is 1.10 bits per heavy atom. The largest absolute Gasteiger partial charge is 0.385 e. The van der Waals surface area contributed by atoms with Crippen molar-refractivity contribution in [3.8, 4) is 0 Å². The van der Waals surface area contributed by atoms with Gasteiger partial charge in [0.05, 0.1) is 11.3 Å². The second kappa shape index (κ2) is 6.86. The van der Waals surface area contributed by atoms with Crippen LogP contribution in [0.2, 0.25) is 5.02 Å². The predicted octanol–water partition coefficient (Wildman–Crippen LogP) is 3.64. The molecule has 0 saturated heterocycles. The highest BCUT2D eigenvalue weighted by Gasteiger charge is 2.08. The molecule has 2 aromatic carbocycles. The first-order chi connectivity index (χ1) is 10.1. The molecule has 0 radical (unpaired) electrons. The molecule has 4 heteroatoms. The van der Waals surface area contributed by atoms with Gasteiger partial charge in [-0.25, -0.2) is 0 Å². The molecule has 1 N–H and O–H groups in total. The zero-order chi connectivity index (χ0) is 15.2. The van der Waals surface area contributed by atoms with Crippen LogP contribution in [0.5, 0.6) is 0 Å². The fourth-order valence-corrected chi connectivity index (χ4v) is 1.95. The third-order valence-corrected chi connectivity index (χ3v) is 3.21. The molecule has 3 nitrogen and oxygen atoms in total. The SMILES string of the molecule is CNc1ccccc(C(=O)/C=C/c2ccc(Cl)cc2)c1=O. The van der Waals surface area contributed by atoms with Gasteiger partial charge in [0.1, 0.15) is 0 Å². The Bertz CT molecular complexity index is 736. The van der Waals surface area contributed by atoms with Crippen LogP contribution in [0.4, 0.5) is 5.69 Å². The molecule has 0 unspecified atom stereocenters. The van der Waals surface area contributed by atoms with Crippen molar-refractivity contribution < 1.29 is 4.79 Å². The van der Waals surface area contributed by atoms with Gasteiger partial charge in [-0.15, -0.1) is 0 Å². The van der Waals surface area contributed by atoms with E-state index < -0.39 is 0 Å². The molecule has 0 heterocycles. The molecule has 0 spiro atoms. The summed E-state index contributed by atoms with van der Waals surface area (Å²) in [5.41, 5.74) is 1.06. The van der Waals surface area contributed by atoms with Crippen molar-refractivity contribution in [2.24, 2.45) is 0 Å². The van der Waals surface area contributed by atoms with E-state index >= 15 is 0 Å². The molecule has 0 fully saturated rings. The molecule has 0 bridgehead atoms. The zero-order valence-electron chi connectivity index (χ0n) is 11.5. The highest BCUT2D eigenvalue weighted by atomic mass is 35.5. The third-order valence-electron chi connectivity index (χ3n) is 2.96. The van der Waals surface area contributed by atoms with Crippen LogP contribution in [0.1, 0.15) is 15.9 Å². The van der Waals surface area contributed by atoms with Crippen molar-refractivity contribution in [2.75, 3.05) is 12.4 Å². The summed E-state index contributed by atoms with van der Waals surface area (Å²) in [6, 6.07) is 13.6. The quantitative estimate of drug-likeness (QED) is 0.692. The van der Waals surface area contributed by atoms with Crippen LogP contribution in [-0.4, -0.2) is 12.8 Å². The first-order valence-electron chi connectivity index (χ1n) is 6.41. The maximum atomic E-state index is 12.2. The van der Waals surface area contributed by atoms with Gasteiger partial charge in [-0.1, -0.05) is 41.9 Å². The van der Waals surface area contributed by atoms with Crippen molar-refractivity contribution in [1.29, 1.82) is 0 Å². The van der Waals surface area contributed by atoms with E-state index in [1.165, 1.54) is 12.1 Å². The van der Waals surface area contributed by atoms with Crippen LogP contribution >= 0.6 is 11.6 Å². The van der Waals surface area contributed by atoms with Crippen molar-refractivity contribution in [3.05, 3.63) is 81.0 Å². The molecule has 0 aliphatic rings. The number of halogens is 1. The van der Waals surface area contributed by atoms with Crippen molar-refractivity contribution in [2.45, 2.75) is 0 Å². The topological polar surface area (TPSA) is 46.2 Å². The number of ketones is 1. The molecule has 0 aromatic heterocycles. The summed E-state index contributed by atoms with van der Waals surface area (Å²) in [6.45, 7) is 0. The normalized spacial score (nSPS) is 10.6. The van der Waals surface area contributed by atoms with E-state index in [0.29, 0.717) is 10.7 Å². The summed E-state index contributed by atoms with van der Waals surface area (Å²) in [5.74, 6) is -0.331. The number of carbonyl (C=O) groups is 1. The van der Waals surface area contributed by atoms with Crippen LogP contribution in [-0.2, 0) is 0 Å². The minimum absolute atomic E-state index is 0.134. The van der Waals surface area contributed by atoms with Gasteiger partial charge in [0.25, 0.3) is 0 Å². The van der Waals surface area contributed by atoms with Crippen LogP contribution < -0.4 is 10.7 Å². The van der Waals surface area contributed by atoms with Crippen molar-refractivity contribution in [3.63, 3.8) is 0 Å². The van der Waals surface area contributed by atoms with E-state index in [9.17, 15) is 9.59 Å². The van der Waals surface area contributed by atoms with E-state index in [-0.39, 0.29) is 16.8 Å². The monoisotopic (exact) mass is 299 g/mol. The molecule has 0 amide bonds. The number of rotatable bonds is 4. The minimum Gasteiger partial charge on any atom is -0.385 e. The first-order valence-corrected chi connectivity index (χ1v) is 6.78. The minimum atomic E-state index is -0.331. The van der Waals surface area contributed by atoms with Gasteiger partial charge in [-0.3, -0.25) is 9.59 Å². The lowest BCUT2D eigenvalue weighted by atomic mass is 10.1. The maximum absolute atomic E-state index is 12.2. The fraction of sp³-hybridized carbons (Fsp3) is 0.0588. The lowest BCUT2D eigenvalue weighted by Gasteiger charge is -1.96. The average molecular weight is 300 g/mol. The molecule has 21 heavy (non-hydrogen) atoms. The number of nitrogens with one attached hydrogen (secondary N) is 1. The van der Waals surface area contributed by atoms with Gasteiger partial charge in [0, 0.05) is 12.1 Å².